The summed E-state index contributed by atoms with van der Waals surface area (Å²) in [5.74, 6) is 0.591. The van der Waals surface area contributed by atoms with E-state index in [1.807, 2.05) is 0 Å². The summed E-state index contributed by atoms with van der Waals surface area (Å²) in [6, 6.07) is 2.64. The van der Waals surface area contributed by atoms with Gasteiger partial charge in [-0.2, -0.15) is 0 Å². The molecular formula is C12H19N5O3. The molecule has 8 nitrogen and oxygen atoms in total. The number of nitrogens with zero attached hydrogens (tertiary/aromatic N) is 3. The van der Waals surface area contributed by atoms with Crippen LogP contribution in [0.2, 0.25) is 0 Å². The molecule has 1 aliphatic rings. The van der Waals surface area contributed by atoms with E-state index in [1.165, 1.54) is 12.1 Å². The van der Waals surface area contributed by atoms with E-state index in [-0.39, 0.29) is 11.5 Å². The molecule has 1 aromatic rings. The molecule has 1 saturated heterocycles. The number of pyridine rings is 1. The van der Waals surface area contributed by atoms with E-state index in [0.717, 1.165) is 39.3 Å². The van der Waals surface area contributed by atoms with Gasteiger partial charge in [-0.3, -0.25) is 15.0 Å². The molecule has 110 valence electrons. The van der Waals surface area contributed by atoms with Crippen molar-refractivity contribution in [3.63, 3.8) is 0 Å². The molecule has 0 unspecified atom stereocenters. The molecule has 3 N–H and O–H groups in total. The molecule has 0 aliphatic carbocycles. The first-order valence-electron chi connectivity index (χ1n) is 6.61. The summed E-state index contributed by atoms with van der Waals surface area (Å²) in [5, 5.41) is 13.8. The summed E-state index contributed by atoms with van der Waals surface area (Å²) in [4.78, 5) is 16.6. The van der Waals surface area contributed by atoms with Crippen LogP contribution in [0.15, 0.2) is 12.1 Å². The van der Waals surface area contributed by atoms with E-state index in [9.17, 15) is 10.1 Å². The van der Waals surface area contributed by atoms with Crippen LogP contribution in [0, 0.1) is 10.1 Å². The number of aromatic nitrogens is 1. The molecule has 0 atom stereocenters. The van der Waals surface area contributed by atoms with Gasteiger partial charge in [-0.15, -0.1) is 0 Å². The largest absolute Gasteiger partial charge is 0.383 e. The van der Waals surface area contributed by atoms with E-state index in [1.54, 1.807) is 0 Å². The molecule has 1 aromatic heterocycles. The van der Waals surface area contributed by atoms with Crippen molar-refractivity contribution in [3.8, 4) is 0 Å². The van der Waals surface area contributed by atoms with E-state index in [2.05, 4.69) is 15.2 Å². The minimum Gasteiger partial charge on any atom is -0.383 e. The van der Waals surface area contributed by atoms with Crippen LogP contribution in [0.4, 0.5) is 17.3 Å². The van der Waals surface area contributed by atoms with Crippen molar-refractivity contribution in [2.24, 2.45) is 0 Å². The molecule has 0 bridgehead atoms. The first-order chi connectivity index (χ1) is 9.65. The lowest BCUT2D eigenvalue weighted by atomic mass is 10.3. The molecule has 1 fully saturated rings. The fraction of sp³-hybridized carbons (Fsp3) is 0.583. The predicted octanol–water partition coefficient (Wildman–Crippen LogP) is 0.706. The van der Waals surface area contributed by atoms with Crippen molar-refractivity contribution in [1.82, 2.24) is 9.88 Å². The predicted molar refractivity (Wildman–Crippen MR) is 75.7 cm³/mol. The molecule has 2 heterocycles. The SMILES string of the molecule is Nc1cc([N+](=O)[O-])cc(NCCCN2CCOCC2)n1. The maximum atomic E-state index is 10.7. The van der Waals surface area contributed by atoms with Gasteiger partial charge < -0.3 is 15.8 Å². The maximum absolute atomic E-state index is 10.7. The van der Waals surface area contributed by atoms with Crippen molar-refractivity contribution >= 4 is 17.3 Å². The van der Waals surface area contributed by atoms with Crippen LogP contribution in [0.1, 0.15) is 6.42 Å². The van der Waals surface area contributed by atoms with Crippen molar-refractivity contribution < 1.29 is 9.66 Å². The quantitative estimate of drug-likeness (QED) is 0.449. The Bertz CT molecular complexity index is 462. The van der Waals surface area contributed by atoms with Crippen LogP contribution in [0.5, 0.6) is 0 Å². The van der Waals surface area contributed by atoms with Crippen LogP contribution in [-0.2, 0) is 4.74 Å². The third-order valence-corrected chi connectivity index (χ3v) is 3.10. The number of anilines is 2. The third kappa shape index (κ3) is 4.32. The van der Waals surface area contributed by atoms with Gasteiger partial charge in [-0.25, -0.2) is 4.98 Å². The van der Waals surface area contributed by atoms with Crippen molar-refractivity contribution in [2.45, 2.75) is 6.42 Å². The van der Waals surface area contributed by atoms with Gasteiger partial charge in [-0.05, 0) is 13.0 Å². The van der Waals surface area contributed by atoms with Gasteiger partial charge in [0.2, 0.25) is 0 Å². The second-order valence-electron chi connectivity index (χ2n) is 4.63. The summed E-state index contributed by atoms with van der Waals surface area (Å²) < 4.78 is 5.28. The molecule has 1 aliphatic heterocycles. The first-order valence-corrected chi connectivity index (χ1v) is 6.61. The minimum atomic E-state index is -0.475. The molecule has 0 saturated carbocycles. The number of nitro groups is 1. The highest BCUT2D eigenvalue weighted by atomic mass is 16.6. The van der Waals surface area contributed by atoms with Crippen molar-refractivity contribution in [1.29, 1.82) is 0 Å². The highest BCUT2D eigenvalue weighted by Crippen LogP contribution is 2.18. The Morgan fingerprint density at radius 3 is 2.90 bits per heavy atom. The van der Waals surface area contributed by atoms with Gasteiger partial charge in [0, 0.05) is 19.6 Å². The number of rotatable bonds is 6. The molecule has 0 aromatic carbocycles. The fourth-order valence-corrected chi connectivity index (χ4v) is 2.08. The molecule has 2 rings (SSSR count). The van der Waals surface area contributed by atoms with E-state index >= 15 is 0 Å². The topological polar surface area (TPSA) is 107 Å². The number of nitrogens with two attached hydrogens (primary N) is 1. The number of morpholine rings is 1. The summed E-state index contributed by atoms with van der Waals surface area (Å²) >= 11 is 0. The number of hydrogen-bond donors (Lipinski definition) is 2. The van der Waals surface area contributed by atoms with Crippen LogP contribution >= 0.6 is 0 Å². The summed E-state index contributed by atoms with van der Waals surface area (Å²) in [7, 11) is 0. The molecule has 0 amide bonds. The zero-order valence-corrected chi connectivity index (χ0v) is 11.2. The van der Waals surface area contributed by atoms with Gasteiger partial charge in [0.05, 0.1) is 30.3 Å². The van der Waals surface area contributed by atoms with Gasteiger partial charge >= 0.3 is 0 Å². The third-order valence-electron chi connectivity index (χ3n) is 3.10. The van der Waals surface area contributed by atoms with E-state index in [4.69, 9.17) is 10.5 Å². The molecule has 20 heavy (non-hydrogen) atoms. The lowest BCUT2D eigenvalue weighted by Gasteiger charge is -2.26. The van der Waals surface area contributed by atoms with Crippen molar-refractivity contribution in [2.75, 3.05) is 50.4 Å². The Labute approximate surface area is 117 Å². The van der Waals surface area contributed by atoms with Crippen LogP contribution in [-0.4, -0.2) is 54.2 Å². The Morgan fingerprint density at radius 2 is 2.20 bits per heavy atom. The monoisotopic (exact) mass is 281 g/mol. The fourth-order valence-electron chi connectivity index (χ4n) is 2.08. The second-order valence-corrected chi connectivity index (χ2v) is 4.63. The Kier molecular flexibility index (Phi) is 5.08. The van der Waals surface area contributed by atoms with Crippen LogP contribution in [0.25, 0.3) is 0 Å². The lowest BCUT2D eigenvalue weighted by Crippen LogP contribution is -2.37. The average molecular weight is 281 g/mol. The highest BCUT2D eigenvalue weighted by molar-refractivity contribution is 5.52. The number of nitrogen functional groups attached to an aromatic ring is 1. The summed E-state index contributed by atoms with van der Waals surface area (Å²) in [5.41, 5.74) is 5.49. The molecule has 0 spiro atoms. The van der Waals surface area contributed by atoms with Gasteiger partial charge in [0.25, 0.3) is 5.69 Å². The Morgan fingerprint density at radius 1 is 1.45 bits per heavy atom. The minimum absolute atomic E-state index is 0.0480. The van der Waals surface area contributed by atoms with Crippen LogP contribution in [0.3, 0.4) is 0 Å². The zero-order valence-electron chi connectivity index (χ0n) is 11.2. The summed E-state index contributed by atoms with van der Waals surface area (Å²) in [6.45, 7) is 5.17. The lowest BCUT2D eigenvalue weighted by molar-refractivity contribution is -0.384. The molecular weight excluding hydrogens is 262 g/mol. The first kappa shape index (κ1) is 14.5. The van der Waals surface area contributed by atoms with Gasteiger partial charge in [0.1, 0.15) is 11.6 Å². The summed E-state index contributed by atoms with van der Waals surface area (Å²) in [6.07, 6.45) is 0.935. The van der Waals surface area contributed by atoms with E-state index < -0.39 is 4.92 Å². The molecule has 0 radical (unpaired) electrons. The Balaban J connectivity index is 1.77. The van der Waals surface area contributed by atoms with Crippen LogP contribution < -0.4 is 11.1 Å². The van der Waals surface area contributed by atoms with Gasteiger partial charge in [-0.1, -0.05) is 0 Å². The average Bonchev–Trinajstić information content (AvgIpc) is 2.44. The van der Waals surface area contributed by atoms with Gasteiger partial charge in [0.15, 0.2) is 0 Å². The Hall–Kier alpha value is -1.93. The highest BCUT2D eigenvalue weighted by Gasteiger charge is 2.11. The number of hydrogen-bond acceptors (Lipinski definition) is 7. The number of ether oxygens (including phenoxy) is 1. The van der Waals surface area contributed by atoms with E-state index in [0.29, 0.717) is 12.4 Å². The normalized spacial score (nSPS) is 16.0. The standard InChI is InChI=1S/C12H19N5O3/c13-11-8-10(17(18)19)9-12(15-11)14-2-1-3-16-4-6-20-7-5-16/h8-9H,1-7H2,(H3,13,14,15). The maximum Gasteiger partial charge on any atom is 0.276 e. The number of nitrogens with one attached hydrogen (secondary N) is 1. The second kappa shape index (κ2) is 7.01. The zero-order chi connectivity index (χ0) is 14.4. The smallest absolute Gasteiger partial charge is 0.276 e. The van der Waals surface area contributed by atoms with Crippen molar-refractivity contribution in [3.05, 3.63) is 22.2 Å². The molecule has 8 heteroatoms.